The highest BCUT2D eigenvalue weighted by atomic mass is 19.1. The van der Waals surface area contributed by atoms with Crippen molar-refractivity contribution in [2.75, 3.05) is 26.8 Å². The second kappa shape index (κ2) is 8.14. The van der Waals surface area contributed by atoms with Gasteiger partial charge in [-0.3, -0.25) is 0 Å². The molecule has 0 radical (unpaired) electrons. The van der Waals surface area contributed by atoms with Crippen molar-refractivity contribution in [2.45, 2.75) is 19.3 Å². The molecule has 1 rings (SSSR count). The van der Waals surface area contributed by atoms with Crippen LogP contribution in [0, 0.1) is 11.6 Å². The fourth-order valence-electron chi connectivity index (χ4n) is 1.61. The molecule has 0 aliphatic rings. The third-order valence-electron chi connectivity index (χ3n) is 2.46. The predicted octanol–water partition coefficient (Wildman–Crippen LogP) is 2.52. The van der Waals surface area contributed by atoms with E-state index in [1.807, 2.05) is 0 Å². The van der Waals surface area contributed by atoms with Crippen molar-refractivity contribution in [1.82, 2.24) is 5.32 Å². The zero-order valence-corrected chi connectivity index (χ0v) is 10.1. The molecule has 0 heterocycles. The minimum absolute atomic E-state index is 0.514. The molecule has 0 saturated carbocycles. The van der Waals surface area contributed by atoms with Crippen LogP contribution in [-0.2, 0) is 11.2 Å². The van der Waals surface area contributed by atoms with Crippen LogP contribution in [0.1, 0.15) is 18.4 Å². The predicted molar refractivity (Wildman–Crippen MR) is 64.0 cm³/mol. The lowest BCUT2D eigenvalue weighted by Gasteiger charge is -2.05. The van der Waals surface area contributed by atoms with Crippen molar-refractivity contribution < 1.29 is 13.5 Å². The molecule has 0 aliphatic carbocycles. The zero-order valence-electron chi connectivity index (χ0n) is 10.1. The molecule has 1 aromatic carbocycles. The highest BCUT2D eigenvalue weighted by Crippen LogP contribution is 2.07. The molecular weight excluding hydrogens is 224 g/mol. The average molecular weight is 243 g/mol. The Morgan fingerprint density at radius 3 is 2.41 bits per heavy atom. The number of hydrogen-bond acceptors (Lipinski definition) is 2. The molecule has 96 valence electrons. The van der Waals surface area contributed by atoms with Crippen LogP contribution in [0.15, 0.2) is 18.2 Å². The maximum Gasteiger partial charge on any atom is 0.126 e. The number of halogens is 2. The Morgan fingerprint density at radius 1 is 1.06 bits per heavy atom. The third kappa shape index (κ3) is 6.34. The zero-order chi connectivity index (χ0) is 12.5. The summed E-state index contributed by atoms with van der Waals surface area (Å²) in [6, 6.07) is 3.63. The quantitative estimate of drug-likeness (QED) is 0.708. The molecule has 2 nitrogen and oxygen atoms in total. The molecule has 0 spiro atoms. The van der Waals surface area contributed by atoms with E-state index in [0.717, 1.165) is 38.6 Å². The first-order chi connectivity index (χ1) is 8.22. The summed E-state index contributed by atoms with van der Waals surface area (Å²) in [4.78, 5) is 0. The van der Waals surface area contributed by atoms with Crippen LogP contribution in [0.4, 0.5) is 8.78 Å². The lowest BCUT2D eigenvalue weighted by Crippen LogP contribution is -2.18. The van der Waals surface area contributed by atoms with E-state index < -0.39 is 11.6 Å². The van der Waals surface area contributed by atoms with Crippen molar-refractivity contribution in [1.29, 1.82) is 0 Å². The maximum atomic E-state index is 12.9. The summed E-state index contributed by atoms with van der Waals surface area (Å²) in [6.07, 6.45) is 2.71. The molecule has 1 aromatic rings. The fourth-order valence-corrected chi connectivity index (χ4v) is 1.61. The van der Waals surface area contributed by atoms with Crippen molar-refractivity contribution >= 4 is 0 Å². The van der Waals surface area contributed by atoms with E-state index >= 15 is 0 Å². The molecule has 0 amide bonds. The first kappa shape index (κ1) is 14.1. The van der Waals surface area contributed by atoms with Crippen LogP contribution in [0.25, 0.3) is 0 Å². The van der Waals surface area contributed by atoms with Gasteiger partial charge in [0.15, 0.2) is 0 Å². The summed E-state index contributed by atoms with van der Waals surface area (Å²) in [5.74, 6) is -1.03. The minimum atomic E-state index is -0.514. The Bertz CT molecular complexity index is 311. The van der Waals surface area contributed by atoms with Gasteiger partial charge in [-0.05, 0) is 50.0 Å². The van der Waals surface area contributed by atoms with Gasteiger partial charge in [0, 0.05) is 19.8 Å². The van der Waals surface area contributed by atoms with E-state index in [1.54, 1.807) is 7.11 Å². The number of ether oxygens (including phenoxy) is 1. The van der Waals surface area contributed by atoms with Gasteiger partial charge in [0.1, 0.15) is 11.6 Å². The largest absolute Gasteiger partial charge is 0.385 e. The molecule has 0 bridgehead atoms. The van der Waals surface area contributed by atoms with E-state index in [0.29, 0.717) is 12.0 Å². The number of methoxy groups -OCH3 is 1. The topological polar surface area (TPSA) is 21.3 Å². The van der Waals surface area contributed by atoms with Gasteiger partial charge in [0.05, 0.1) is 0 Å². The summed E-state index contributed by atoms with van der Waals surface area (Å²) < 4.78 is 30.7. The van der Waals surface area contributed by atoms with Gasteiger partial charge in [-0.25, -0.2) is 8.78 Å². The number of hydrogen-bond donors (Lipinski definition) is 1. The second-order valence-electron chi connectivity index (χ2n) is 3.98. The van der Waals surface area contributed by atoms with Crippen molar-refractivity contribution in [3.8, 4) is 0 Å². The Balaban J connectivity index is 2.13. The van der Waals surface area contributed by atoms with E-state index in [2.05, 4.69) is 5.32 Å². The molecule has 17 heavy (non-hydrogen) atoms. The van der Waals surface area contributed by atoms with E-state index in [9.17, 15) is 8.78 Å². The van der Waals surface area contributed by atoms with Gasteiger partial charge < -0.3 is 10.1 Å². The summed E-state index contributed by atoms with van der Waals surface area (Å²) in [5.41, 5.74) is 0.687. The molecular formula is C13H19F2NO. The van der Waals surface area contributed by atoms with Crippen LogP contribution >= 0.6 is 0 Å². The molecule has 4 heteroatoms. The summed E-state index contributed by atoms with van der Waals surface area (Å²) in [6.45, 7) is 2.41. The number of rotatable bonds is 8. The highest BCUT2D eigenvalue weighted by Gasteiger charge is 2.00. The molecule has 1 N–H and O–H groups in total. The Labute approximate surface area is 101 Å². The summed E-state index contributed by atoms with van der Waals surface area (Å²) in [5, 5.41) is 3.23. The first-order valence-corrected chi connectivity index (χ1v) is 5.87. The fraction of sp³-hybridized carbons (Fsp3) is 0.538. The van der Waals surface area contributed by atoms with Gasteiger partial charge >= 0.3 is 0 Å². The van der Waals surface area contributed by atoms with E-state index in [4.69, 9.17) is 4.74 Å². The van der Waals surface area contributed by atoms with Crippen LogP contribution < -0.4 is 5.32 Å². The molecule has 0 fully saturated rings. The third-order valence-corrected chi connectivity index (χ3v) is 2.46. The van der Waals surface area contributed by atoms with Crippen molar-refractivity contribution in [3.63, 3.8) is 0 Å². The first-order valence-electron chi connectivity index (χ1n) is 5.87. The average Bonchev–Trinajstić information content (AvgIpc) is 2.26. The van der Waals surface area contributed by atoms with Gasteiger partial charge in [-0.15, -0.1) is 0 Å². The summed E-state index contributed by atoms with van der Waals surface area (Å²) >= 11 is 0. The Morgan fingerprint density at radius 2 is 1.76 bits per heavy atom. The standard InChI is InChI=1S/C13H19F2NO/c1-17-7-3-2-5-16-6-4-11-8-12(14)10-13(15)9-11/h8-10,16H,2-7H2,1H3. The minimum Gasteiger partial charge on any atom is -0.385 e. The van der Waals surface area contributed by atoms with Crippen molar-refractivity contribution in [2.24, 2.45) is 0 Å². The number of benzene rings is 1. The maximum absolute atomic E-state index is 12.9. The van der Waals surface area contributed by atoms with Crippen LogP contribution in [0.2, 0.25) is 0 Å². The monoisotopic (exact) mass is 243 g/mol. The van der Waals surface area contributed by atoms with E-state index in [1.165, 1.54) is 12.1 Å². The molecule has 0 atom stereocenters. The lowest BCUT2D eigenvalue weighted by atomic mass is 10.1. The number of unbranched alkanes of at least 4 members (excludes halogenated alkanes) is 1. The molecule has 0 saturated heterocycles. The SMILES string of the molecule is COCCCCNCCc1cc(F)cc(F)c1. The normalized spacial score (nSPS) is 10.8. The molecule has 0 aliphatic heterocycles. The van der Waals surface area contributed by atoms with Crippen LogP contribution in [-0.4, -0.2) is 26.8 Å². The van der Waals surface area contributed by atoms with Crippen LogP contribution in [0.5, 0.6) is 0 Å². The Kier molecular flexibility index (Phi) is 6.74. The molecule has 0 unspecified atom stereocenters. The smallest absolute Gasteiger partial charge is 0.126 e. The summed E-state index contributed by atoms with van der Waals surface area (Å²) in [7, 11) is 1.69. The second-order valence-corrected chi connectivity index (χ2v) is 3.98. The number of nitrogens with one attached hydrogen (secondary N) is 1. The van der Waals surface area contributed by atoms with Gasteiger partial charge in [-0.1, -0.05) is 0 Å². The molecule has 0 aromatic heterocycles. The van der Waals surface area contributed by atoms with Gasteiger partial charge in [0.25, 0.3) is 0 Å². The van der Waals surface area contributed by atoms with E-state index in [-0.39, 0.29) is 0 Å². The highest BCUT2D eigenvalue weighted by molar-refractivity contribution is 5.18. The Hall–Kier alpha value is -1.00. The van der Waals surface area contributed by atoms with Crippen LogP contribution in [0.3, 0.4) is 0 Å². The lowest BCUT2D eigenvalue weighted by molar-refractivity contribution is 0.192. The van der Waals surface area contributed by atoms with Gasteiger partial charge in [0.2, 0.25) is 0 Å². The van der Waals surface area contributed by atoms with Gasteiger partial charge in [-0.2, -0.15) is 0 Å². The van der Waals surface area contributed by atoms with Crippen molar-refractivity contribution in [3.05, 3.63) is 35.4 Å².